The van der Waals surface area contributed by atoms with Crippen molar-refractivity contribution in [1.82, 2.24) is 5.32 Å². The topological polar surface area (TPSA) is 21.3 Å². The van der Waals surface area contributed by atoms with Gasteiger partial charge in [0, 0.05) is 19.8 Å². The Labute approximate surface area is 76.0 Å². The van der Waals surface area contributed by atoms with Crippen LogP contribution in [0.25, 0.3) is 0 Å². The van der Waals surface area contributed by atoms with Crippen molar-refractivity contribution >= 4 is 0 Å². The first kappa shape index (κ1) is 11.7. The molecule has 2 atom stereocenters. The fourth-order valence-corrected chi connectivity index (χ4v) is 1.37. The van der Waals surface area contributed by atoms with Gasteiger partial charge in [-0.05, 0) is 25.8 Å². The smallest absolute Gasteiger partial charge is 0.0488 e. The third-order valence-corrected chi connectivity index (χ3v) is 2.00. The highest BCUT2D eigenvalue weighted by molar-refractivity contribution is 4.78. The van der Waals surface area contributed by atoms with E-state index in [1.807, 2.05) is 13.1 Å². The fraction of sp³-hybridized carbons (Fsp3) is 0.800. The minimum Gasteiger partial charge on any atom is -0.384 e. The highest BCUT2D eigenvalue weighted by Crippen LogP contribution is 2.08. The zero-order chi connectivity index (χ0) is 9.40. The number of ether oxygens (including phenoxy) is 1. The van der Waals surface area contributed by atoms with E-state index in [2.05, 4.69) is 18.8 Å². The van der Waals surface area contributed by atoms with Gasteiger partial charge in [-0.2, -0.15) is 0 Å². The molecule has 0 heterocycles. The minimum absolute atomic E-state index is 0.549. The fourth-order valence-electron chi connectivity index (χ4n) is 1.37. The largest absolute Gasteiger partial charge is 0.384 e. The van der Waals surface area contributed by atoms with Crippen molar-refractivity contribution in [2.24, 2.45) is 5.92 Å². The lowest BCUT2D eigenvalue weighted by atomic mass is 10.0. The van der Waals surface area contributed by atoms with Gasteiger partial charge in [0.15, 0.2) is 0 Å². The van der Waals surface area contributed by atoms with E-state index < -0.39 is 0 Å². The molecule has 0 bridgehead atoms. The van der Waals surface area contributed by atoms with E-state index in [-0.39, 0.29) is 0 Å². The number of methoxy groups -OCH3 is 1. The van der Waals surface area contributed by atoms with Gasteiger partial charge in [0.25, 0.3) is 0 Å². The number of hydrogen-bond acceptors (Lipinski definition) is 2. The van der Waals surface area contributed by atoms with Gasteiger partial charge in [-0.25, -0.2) is 0 Å². The summed E-state index contributed by atoms with van der Waals surface area (Å²) in [7, 11) is 3.74. The molecule has 0 radical (unpaired) electrons. The predicted octanol–water partition coefficient (Wildman–Crippen LogP) is 1.82. The Bertz CT molecular complexity index is 114. The molecule has 0 rings (SSSR count). The second kappa shape index (κ2) is 7.32. The summed E-state index contributed by atoms with van der Waals surface area (Å²) in [5, 5.41) is 3.27. The zero-order valence-corrected chi connectivity index (χ0v) is 8.47. The third kappa shape index (κ3) is 5.33. The molecule has 2 heteroatoms. The van der Waals surface area contributed by atoms with Crippen LogP contribution in [0.2, 0.25) is 0 Å². The van der Waals surface area contributed by atoms with E-state index in [4.69, 9.17) is 4.74 Å². The van der Waals surface area contributed by atoms with E-state index >= 15 is 0 Å². The summed E-state index contributed by atoms with van der Waals surface area (Å²) in [6.45, 7) is 6.78. The van der Waals surface area contributed by atoms with Gasteiger partial charge < -0.3 is 10.1 Å². The monoisotopic (exact) mass is 171 g/mol. The SMILES string of the molecule is C=CCC(CC(C)COC)NC. The molecule has 0 amide bonds. The van der Waals surface area contributed by atoms with Crippen LogP contribution in [0.1, 0.15) is 19.8 Å². The van der Waals surface area contributed by atoms with Crippen LogP contribution in [0, 0.1) is 5.92 Å². The molecule has 72 valence electrons. The van der Waals surface area contributed by atoms with Crippen molar-refractivity contribution in [2.45, 2.75) is 25.8 Å². The Morgan fingerprint density at radius 1 is 1.58 bits per heavy atom. The van der Waals surface area contributed by atoms with Gasteiger partial charge in [0.2, 0.25) is 0 Å². The van der Waals surface area contributed by atoms with Gasteiger partial charge in [-0.3, -0.25) is 0 Å². The first-order valence-electron chi connectivity index (χ1n) is 4.51. The molecular formula is C10H21NO. The van der Waals surface area contributed by atoms with E-state index in [9.17, 15) is 0 Å². The molecule has 2 nitrogen and oxygen atoms in total. The van der Waals surface area contributed by atoms with Crippen LogP contribution in [0.4, 0.5) is 0 Å². The summed E-state index contributed by atoms with van der Waals surface area (Å²) in [5.74, 6) is 0.618. The van der Waals surface area contributed by atoms with Crippen LogP contribution < -0.4 is 5.32 Å². The maximum Gasteiger partial charge on any atom is 0.0488 e. The van der Waals surface area contributed by atoms with Crippen LogP contribution >= 0.6 is 0 Å². The highest BCUT2D eigenvalue weighted by Gasteiger charge is 2.09. The lowest BCUT2D eigenvalue weighted by Crippen LogP contribution is -2.27. The molecule has 0 aromatic heterocycles. The number of hydrogen-bond donors (Lipinski definition) is 1. The molecule has 0 aliphatic carbocycles. The molecular weight excluding hydrogens is 150 g/mol. The zero-order valence-electron chi connectivity index (χ0n) is 8.47. The Balaban J connectivity index is 3.60. The maximum atomic E-state index is 5.07. The second-order valence-electron chi connectivity index (χ2n) is 3.31. The highest BCUT2D eigenvalue weighted by atomic mass is 16.5. The second-order valence-corrected chi connectivity index (χ2v) is 3.31. The molecule has 2 unspecified atom stereocenters. The van der Waals surface area contributed by atoms with Crippen LogP contribution in [-0.4, -0.2) is 26.8 Å². The molecule has 0 aliphatic heterocycles. The van der Waals surface area contributed by atoms with Gasteiger partial charge in [-0.15, -0.1) is 6.58 Å². The Morgan fingerprint density at radius 2 is 2.25 bits per heavy atom. The van der Waals surface area contributed by atoms with Gasteiger partial charge in [0.05, 0.1) is 0 Å². The van der Waals surface area contributed by atoms with Gasteiger partial charge >= 0.3 is 0 Å². The lowest BCUT2D eigenvalue weighted by molar-refractivity contribution is 0.150. The van der Waals surface area contributed by atoms with Crippen LogP contribution in [0.3, 0.4) is 0 Å². The molecule has 1 N–H and O–H groups in total. The van der Waals surface area contributed by atoms with Crippen LogP contribution in [0.15, 0.2) is 12.7 Å². The van der Waals surface area contributed by atoms with E-state index in [1.54, 1.807) is 7.11 Å². The van der Waals surface area contributed by atoms with E-state index in [1.165, 1.54) is 0 Å². The van der Waals surface area contributed by atoms with Crippen LogP contribution in [0.5, 0.6) is 0 Å². The van der Waals surface area contributed by atoms with Crippen molar-refractivity contribution in [2.75, 3.05) is 20.8 Å². The summed E-state index contributed by atoms with van der Waals surface area (Å²) in [4.78, 5) is 0. The van der Waals surface area contributed by atoms with Crippen molar-refractivity contribution in [3.8, 4) is 0 Å². The number of rotatable bonds is 7. The molecule has 12 heavy (non-hydrogen) atoms. The Morgan fingerprint density at radius 3 is 2.67 bits per heavy atom. The molecule has 0 spiro atoms. The summed E-state index contributed by atoms with van der Waals surface area (Å²) >= 11 is 0. The molecule has 0 aromatic carbocycles. The average Bonchev–Trinajstić information content (AvgIpc) is 2.04. The van der Waals surface area contributed by atoms with Crippen LogP contribution in [-0.2, 0) is 4.74 Å². The molecule has 0 aromatic rings. The maximum absolute atomic E-state index is 5.07. The van der Waals surface area contributed by atoms with Crippen molar-refractivity contribution in [3.63, 3.8) is 0 Å². The number of nitrogens with one attached hydrogen (secondary N) is 1. The quantitative estimate of drug-likeness (QED) is 0.590. The Kier molecular flexibility index (Phi) is 7.11. The molecule has 0 saturated carbocycles. The first-order chi connectivity index (χ1) is 5.74. The molecule has 0 saturated heterocycles. The van der Waals surface area contributed by atoms with E-state index in [0.717, 1.165) is 19.4 Å². The normalized spacial score (nSPS) is 15.6. The molecule has 0 aliphatic rings. The van der Waals surface area contributed by atoms with Gasteiger partial charge in [0.1, 0.15) is 0 Å². The summed E-state index contributed by atoms with van der Waals surface area (Å²) < 4.78 is 5.07. The third-order valence-electron chi connectivity index (χ3n) is 2.00. The standard InChI is InChI=1S/C10H21NO/c1-5-6-10(11-3)7-9(2)8-12-4/h5,9-11H,1,6-8H2,2-4H3. The van der Waals surface area contributed by atoms with E-state index in [0.29, 0.717) is 12.0 Å². The predicted molar refractivity (Wildman–Crippen MR) is 53.3 cm³/mol. The summed E-state index contributed by atoms with van der Waals surface area (Å²) in [6, 6.07) is 0.549. The Hall–Kier alpha value is -0.340. The first-order valence-corrected chi connectivity index (χ1v) is 4.51. The minimum atomic E-state index is 0.549. The lowest BCUT2D eigenvalue weighted by Gasteiger charge is -2.18. The van der Waals surface area contributed by atoms with Crippen molar-refractivity contribution < 1.29 is 4.74 Å². The summed E-state index contributed by atoms with van der Waals surface area (Å²) in [6.07, 6.45) is 4.14. The van der Waals surface area contributed by atoms with Crippen molar-refractivity contribution in [3.05, 3.63) is 12.7 Å². The summed E-state index contributed by atoms with van der Waals surface area (Å²) in [5.41, 5.74) is 0. The molecule has 0 fully saturated rings. The van der Waals surface area contributed by atoms with Crippen molar-refractivity contribution in [1.29, 1.82) is 0 Å². The van der Waals surface area contributed by atoms with Gasteiger partial charge in [-0.1, -0.05) is 13.0 Å². The average molecular weight is 171 g/mol.